The van der Waals surface area contributed by atoms with Gasteiger partial charge in [0, 0.05) is 30.3 Å². The Labute approximate surface area is 86.6 Å². The molecule has 2 aromatic heterocycles. The van der Waals surface area contributed by atoms with Crippen molar-refractivity contribution in [1.29, 1.82) is 0 Å². The molecule has 0 fully saturated rings. The van der Waals surface area contributed by atoms with Crippen LogP contribution in [0.25, 0.3) is 0 Å². The molecule has 15 heavy (non-hydrogen) atoms. The van der Waals surface area contributed by atoms with E-state index in [0.29, 0.717) is 5.69 Å². The van der Waals surface area contributed by atoms with E-state index in [4.69, 9.17) is 0 Å². The van der Waals surface area contributed by atoms with Crippen LogP contribution in [0.4, 0.5) is 10.1 Å². The minimum Gasteiger partial charge on any atom is -0.375 e. The zero-order valence-electron chi connectivity index (χ0n) is 8.24. The van der Waals surface area contributed by atoms with Crippen LogP contribution in [0.15, 0.2) is 30.7 Å². The van der Waals surface area contributed by atoms with E-state index in [9.17, 15) is 4.39 Å². The molecule has 0 aliphatic carbocycles. The standard InChI is InChI=1S/C10H11FN4/c1-7(10-13-4-5-14-10)15-8-2-3-12-9(11)6-8/h2-7H,1H3,(H,12,15)(H,13,14). The summed E-state index contributed by atoms with van der Waals surface area (Å²) in [5.41, 5.74) is 0.686. The Morgan fingerprint density at radius 2 is 2.27 bits per heavy atom. The second kappa shape index (κ2) is 4.08. The molecule has 1 unspecified atom stereocenters. The Kier molecular flexibility index (Phi) is 2.62. The molecule has 5 heteroatoms. The molecule has 0 aliphatic heterocycles. The van der Waals surface area contributed by atoms with E-state index in [0.717, 1.165) is 5.82 Å². The smallest absolute Gasteiger partial charge is 0.214 e. The molecule has 0 aliphatic rings. The van der Waals surface area contributed by atoms with E-state index in [2.05, 4.69) is 20.3 Å². The zero-order valence-corrected chi connectivity index (χ0v) is 8.24. The van der Waals surface area contributed by atoms with Crippen molar-refractivity contribution in [2.45, 2.75) is 13.0 Å². The molecule has 0 radical (unpaired) electrons. The lowest BCUT2D eigenvalue weighted by atomic mass is 10.3. The first-order valence-corrected chi connectivity index (χ1v) is 4.63. The minimum atomic E-state index is -0.494. The summed E-state index contributed by atoms with van der Waals surface area (Å²) in [5.74, 6) is 0.318. The number of nitrogens with one attached hydrogen (secondary N) is 2. The lowest BCUT2D eigenvalue weighted by Gasteiger charge is -2.12. The van der Waals surface area contributed by atoms with Gasteiger partial charge in [-0.25, -0.2) is 9.97 Å². The fourth-order valence-electron chi connectivity index (χ4n) is 1.32. The first-order valence-electron chi connectivity index (χ1n) is 4.63. The number of hydrogen-bond donors (Lipinski definition) is 2. The Morgan fingerprint density at radius 1 is 1.40 bits per heavy atom. The second-order valence-electron chi connectivity index (χ2n) is 3.21. The molecule has 2 N–H and O–H groups in total. The van der Waals surface area contributed by atoms with E-state index in [-0.39, 0.29) is 6.04 Å². The fraction of sp³-hybridized carbons (Fsp3) is 0.200. The average Bonchev–Trinajstić information content (AvgIpc) is 2.70. The molecule has 2 heterocycles. The predicted molar refractivity (Wildman–Crippen MR) is 54.8 cm³/mol. The predicted octanol–water partition coefficient (Wildman–Crippen LogP) is 2.12. The highest BCUT2D eigenvalue weighted by molar-refractivity contribution is 5.42. The molecule has 1 atom stereocenters. The maximum Gasteiger partial charge on any atom is 0.214 e. The van der Waals surface area contributed by atoms with Crippen molar-refractivity contribution in [2.75, 3.05) is 5.32 Å². The van der Waals surface area contributed by atoms with Crippen molar-refractivity contribution in [2.24, 2.45) is 0 Å². The van der Waals surface area contributed by atoms with E-state index < -0.39 is 5.95 Å². The molecule has 0 saturated heterocycles. The Balaban J connectivity index is 2.09. The van der Waals surface area contributed by atoms with E-state index in [1.165, 1.54) is 12.3 Å². The van der Waals surface area contributed by atoms with Gasteiger partial charge < -0.3 is 10.3 Å². The van der Waals surface area contributed by atoms with E-state index >= 15 is 0 Å². The quantitative estimate of drug-likeness (QED) is 0.756. The third kappa shape index (κ3) is 2.31. The van der Waals surface area contributed by atoms with Crippen LogP contribution < -0.4 is 5.32 Å². The first-order chi connectivity index (χ1) is 7.25. The summed E-state index contributed by atoms with van der Waals surface area (Å²) in [7, 11) is 0. The van der Waals surface area contributed by atoms with Crippen LogP contribution in [0.1, 0.15) is 18.8 Å². The first kappa shape index (κ1) is 9.64. The summed E-state index contributed by atoms with van der Waals surface area (Å²) < 4.78 is 12.8. The lowest BCUT2D eigenvalue weighted by Crippen LogP contribution is -2.08. The topological polar surface area (TPSA) is 53.6 Å². The molecule has 0 aromatic carbocycles. The average molecular weight is 206 g/mol. The fourth-order valence-corrected chi connectivity index (χ4v) is 1.32. The molecule has 0 saturated carbocycles. The number of hydrogen-bond acceptors (Lipinski definition) is 3. The SMILES string of the molecule is CC(Nc1ccnc(F)c1)c1ncc[nH]1. The molecule has 4 nitrogen and oxygen atoms in total. The Bertz CT molecular complexity index is 427. The van der Waals surface area contributed by atoms with Gasteiger partial charge in [-0.1, -0.05) is 0 Å². The normalized spacial score (nSPS) is 12.4. The van der Waals surface area contributed by atoms with Gasteiger partial charge in [0.25, 0.3) is 0 Å². The van der Waals surface area contributed by atoms with Gasteiger partial charge in [-0.3, -0.25) is 0 Å². The van der Waals surface area contributed by atoms with Crippen molar-refractivity contribution in [1.82, 2.24) is 15.0 Å². The highest BCUT2D eigenvalue weighted by atomic mass is 19.1. The molecular weight excluding hydrogens is 195 g/mol. The van der Waals surface area contributed by atoms with E-state index in [1.54, 1.807) is 18.5 Å². The molecule has 2 rings (SSSR count). The van der Waals surface area contributed by atoms with Crippen LogP contribution in [0, 0.1) is 5.95 Å². The molecule has 78 valence electrons. The number of anilines is 1. The van der Waals surface area contributed by atoms with Crippen molar-refractivity contribution in [3.05, 3.63) is 42.5 Å². The van der Waals surface area contributed by atoms with Crippen LogP contribution in [0.5, 0.6) is 0 Å². The maximum absolute atomic E-state index is 12.8. The number of aromatic nitrogens is 3. The van der Waals surface area contributed by atoms with Crippen LogP contribution in [-0.4, -0.2) is 15.0 Å². The molecule has 0 amide bonds. The van der Waals surface area contributed by atoms with Gasteiger partial charge in [-0.05, 0) is 13.0 Å². The number of H-pyrrole nitrogens is 1. The number of pyridine rings is 1. The summed E-state index contributed by atoms with van der Waals surface area (Å²) >= 11 is 0. The van der Waals surface area contributed by atoms with Gasteiger partial charge in [0.1, 0.15) is 5.82 Å². The molecular formula is C10H11FN4. The van der Waals surface area contributed by atoms with Gasteiger partial charge in [0.2, 0.25) is 5.95 Å². The summed E-state index contributed by atoms with van der Waals surface area (Å²) in [6.45, 7) is 1.94. The highest BCUT2D eigenvalue weighted by Gasteiger charge is 2.07. The Hall–Kier alpha value is -1.91. The highest BCUT2D eigenvalue weighted by Crippen LogP contribution is 2.15. The third-order valence-corrected chi connectivity index (χ3v) is 2.04. The number of nitrogens with zero attached hydrogens (tertiary/aromatic N) is 2. The van der Waals surface area contributed by atoms with Gasteiger partial charge in [-0.2, -0.15) is 4.39 Å². The lowest BCUT2D eigenvalue weighted by molar-refractivity contribution is 0.584. The third-order valence-electron chi connectivity index (χ3n) is 2.04. The van der Waals surface area contributed by atoms with Crippen molar-refractivity contribution < 1.29 is 4.39 Å². The zero-order chi connectivity index (χ0) is 10.7. The van der Waals surface area contributed by atoms with E-state index in [1.807, 2.05) is 6.92 Å². The summed E-state index contributed by atoms with van der Waals surface area (Å²) in [5, 5.41) is 3.11. The Morgan fingerprint density at radius 3 is 2.93 bits per heavy atom. The number of rotatable bonds is 3. The molecule has 2 aromatic rings. The minimum absolute atomic E-state index is 0.00167. The summed E-state index contributed by atoms with van der Waals surface area (Å²) in [4.78, 5) is 10.6. The maximum atomic E-state index is 12.8. The van der Waals surface area contributed by atoms with Gasteiger partial charge >= 0.3 is 0 Å². The molecule has 0 spiro atoms. The monoisotopic (exact) mass is 206 g/mol. The second-order valence-corrected chi connectivity index (χ2v) is 3.21. The van der Waals surface area contributed by atoms with Gasteiger partial charge in [0.15, 0.2) is 0 Å². The van der Waals surface area contributed by atoms with Crippen LogP contribution in [-0.2, 0) is 0 Å². The van der Waals surface area contributed by atoms with Gasteiger partial charge in [-0.15, -0.1) is 0 Å². The van der Waals surface area contributed by atoms with Crippen LogP contribution >= 0.6 is 0 Å². The summed E-state index contributed by atoms with van der Waals surface area (Å²) in [6, 6.07) is 3.06. The van der Waals surface area contributed by atoms with Crippen LogP contribution in [0.2, 0.25) is 0 Å². The van der Waals surface area contributed by atoms with Crippen molar-refractivity contribution in [3.8, 4) is 0 Å². The number of halogens is 1. The summed E-state index contributed by atoms with van der Waals surface area (Å²) in [6.07, 6.45) is 4.85. The van der Waals surface area contributed by atoms with Crippen molar-refractivity contribution in [3.63, 3.8) is 0 Å². The van der Waals surface area contributed by atoms with Crippen LogP contribution in [0.3, 0.4) is 0 Å². The number of imidazole rings is 1. The molecule has 0 bridgehead atoms. The van der Waals surface area contributed by atoms with Crippen molar-refractivity contribution >= 4 is 5.69 Å². The van der Waals surface area contributed by atoms with Gasteiger partial charge in [0.05, 0.1) is 6.04 Å². The largest absolute Gasteiger partial charge is 0.375 e. The number of aromatic amines is 1.